The lowest BCUT2D eigenvalue weighted by molar-refractivity contribution is 0.617. The van der Waals surface area contributed by atoms with Crippen LogP contribution in [-0.2, 0) is 19.4 Å². The van der Waals surface area contributed by atoms with Crippen molar-refractivity contribution in [3.05, 3.63) is 99.3 Å². The monoisotopic (exact) mass is 456 g/mol. The minimum atomic E-state index is -0.238. The normalized spacial score (nSPS) is 15.6. The Morgan fingerprint density at radius 1 is 1.09 bits per heavy atom. The number of aryl methyl sites for hydroxylation is 1. The molecule has 3 heterocycles. The van der Waals surface area contributed by atoms with E-state index < -0.39 is 0 Å². The molecule has 3 aromatic heterocycles. The van der Waals surface area contributed by atoms with Crippen LogP contribution >= 0.6 is 11.3 Å². The van der Waals surface area contributed by atoms with Crippen LogP contribution in [0, 0.1) is 5.82 Å². The highest BCUT2D eigenvalue weighted by atomic mass is 32.1. The van der Waals surface area contributed by atoms with Gasteiger partial charge in [0.15, 0.2) is 0 Å². The lowest BCUT2D eigenvalue weighted by Gasteiger charge is -2.24. The first-order valence-corrected chi connectivity index (χ1v) is 11.8. The van der Waals surface area contributed by atoms with E-state index in [1.807, 2.05) is 30.3 Å². The number of anilines is 1. The van der Waals surface area contributed by atoms with Gasteiger partial charge in [-0.1, -0.05) is 24.3 Å². The zero-order chi connectivity index (χ0) is 22.4. The molecule has 0 saturated heterocycles. The number of benzene rings is 2. The molecule has 0 aliphatic heterocycles. The molecule has 1 aliphatic carbocycles. The highest BCUT2D eigenvalue weighted by Gasteiger charge is 2.25. The van der Waals surface area contributed by atoms with Crippen molar-refractivity contribution in [3.8, 4) is 0 Å². The van der Waals surface area contributed by atoms with Crippen LogP contribution in [0.3, 0.4) is 0 Å². The van der Waals surface area contributed by atoms with Crippen molar-refractivity contribution in [1.29, 1.82) is 0 Å². The van der Waals surface area contributed by atoms with E-state index in [0.717, 1.165) is 57.2 Å². The van der Waals surface area contributed by atoms with Crippen molar-refractivity contribution in [2.45, 2.75) is 31.8 Å². The Labute approximate surface area is 193 Å². The number of hydrogen-bond donors (Lipinski definition) is 1. The van der Waals surface area contributed by atoms with Gasteiger partial charge in [-0.2, -0.15) is 0 Å². The van der Waals surface area contributed by atoms with E-state index in [-0.39, 0.29) is 17.4 Å². The second-order valence-electron chi connectivity index (χ2n) is 8.44. The minimum Gasteiger partial charge on any atom is -0.382 e. The summed E-state index contributed by atoms with van der Waals surface area (Å²) < 4.78 is 14.9. The van der Waals surface area contributed by atoms with Crippen LogP contribution in [0.1, 0.15) is 22.4 Å². The summed E-state index contributed by atoms with van der Waals surface area (Å²) in [4.78, 5) is 24.6. The SMILES string of the molecule is O=c1c2c3c(sc2ncn1Cc1cccc2cccnc12)CC(Nc1ccc(F)cc1)CC3. The molecule has 0 amide bonds. The van der Waals surface area contributed by atoms with Crippen LogP contribution in [0.15, 0.2) is 71.9 Å². The summed E-state index contributed by atoms with van der Waals surface area (Å²) in [6.07, 6.45) is 6.01. The van der Waals surface area contributed by atoms with Gasteiger partial charge in [0.05, 0.1) is 23.8 Å². The number of thiophene rings is 1. The van der Waals surface area contributed by atoms with Gasteiger partial charge in [-0.05, 0) is 54.3 Å². The quantitative estimate of drug-likeness (QED) is 0.406. The number of nitrogens with zero attached hydrogens (tertiary/aromatic N) is 3. The third-order valence-electron chi connectivity index (χ3n) is 6.31. The first kappa shape index (κ1) is 20.1. The maximum absolute atomic E-state index is 13.5. The molecule has 0 saturated carbocycles. The number of aromatic nitrogens is 3. The fourth-order valence-corrected chi connectivity index (χ4v) is 5.95. The zero-order valence-electron chi connectivity index (χ0n) is 17.8. The van der Waals surface area contributed by atoms with E-state index in [2.05, 4.69) is 15.3 Å². The van der Waals surface area contributed by atoms with Crippen LogP contribution in [-0.4, -0.2) is 20.6 Å². The summed E-state index contributed by atoms with van der Waals surface area (Å²) in [5, 5.41) is 5.31. The second-order valence-corrected chi connectivity index (χ2v) is 9.53. The van der Waals surface area contributed by atoms with Gasteiger partial charge >= 0.3 is 0 Å². The van der Waals surface area contributed by atoms with E-state index in [0.29, 0.717) is 6.54 Å². The molecule has 0 fully saturated rings. The fourth-order valence-electron chi connectivity index (χ4n) is 4.70. The summed E-state index contributed by atoms with van der Waals surface area (Å²) in [5.41, 5.74) is 3.97. The Bertz CT molecular complexity index is 1540. The smallest absolute Gasteiger partial charge is 0.262 e. The predicted molar refractivity (Wildman–Crippen MR) is 131 cm³/mol. The topological polar surface area (TPSA) is 59.8 Å². The number of pyridine rings is 1. The minimum absolute atomic E-state index is 0.00961. The van der Waals surface area contributed by atoms with Gasteiger partial charge in [0.25, 0.3) is 5.56 Å². The number of hydrogen-bond acceptors (Lipinski definition) is 5. The fraction of sp³-hybridized carbons (Fsp3) is 0.192. The van der Waals surface area contributed by atoms with Crippen LogP contribution in [0.2, 0.25) is 0 Å². The Balaban J connectivity index is 1.31. The van der Waals surface area contributed by atoms with Gasteiger partial charge in [0, 0.05) is 34.6 Å². The van der Waals surface area contributed by atoms with Crippen molar-refractivity contribution in [1.82, 2.24) is 14.5 Å². The molecule has 2 aromatic carbocycles. The van der Waals surface area contributed by atoms with E-state index >= 15 is 0 Å². The van der Waals surface area contributed by atoms with Crippen molar-refractivity contribution in [2.24, 2.45) is 0 Å². The van der Waals surface area contributed by atoms with Gasteiger partial charge in [-0.15, -0.1) is 11.3 Å². The molecular weight excluding hydrogens is 435 g/mol. The standard InChI is InChI=1S/C26H21FN4OS/c27-18-6-8-19(9-7-18)30-20-10-11-21-22(13-20)33-25-23(21)26(32)31(15-29-25)14-17-4-1-3-16-5-2-12-28-24(16)17/h1-9,12,15,20,30H,10-11,13-14H2. The van der Waals surface area contributed by atoms with E-state index in [1.165, 1.54) is 17.0 Å². The van der Waals surface area contributed by atoms with E-state index in [9.17, 15) is 9.18 Å². The molecule has 33 heavy (non-hydrogen) atoms. The zero-order valence-corrected chi connectivity index (χ0v) is 18.6. The molecule has 5 aromatic rings. The third-order valence-corrected chi connectivity index (χ3v) is 7.47. The van der Waals surface area contributed by atoms with Crippen LogP contribution in [0.5, 0.6) is 0 Å². The van der Waals surface area contributed by atoms with Crippen molar-refractivity contribution in [2.75, 3.05) is 5.32 Å². The molecule has 1 aliphatic rings. The van der Waals surface area contributed by atoms with Gasteiger partial charge in [-0.3, -0.25) is 14.3 Å². The first-order valence-electron chi connectivity index (χ1n) is 11.0. The van der Waals surface area contributed by atoms with E-state index in [4.69, 9.17) is 0 Å². The molecule has 0 bridgehead atoms. The predicted octanol–water partition coefficient (Wildman–Crippen LogP) is 5.16. The summed E-state index contributed by atoms with van der Waals surface area (Å²) in [5.74, 6) is -0.238. The molecule has 7 heteroatoms. The van der Waals surface area contributed by atoms with Crippen LogP contribution < -0.4 is 10.9 Å². The van der Waals surface area contributed by atoms with Gasteiger partial charge in [-0.25, -0.2) is 9.37 Å². The van der Waals surface area contributed by atoms with Crippen LogP contribution in [0.4, 0.5) is 10.1 Å². The van der Waals surface area contributed by atoms with Crippen molar-refractivity contribution >= 4 is 38.1 Å². The van der Waals surface area contributed by atoms with Crippen molar-refractivity contribution < 1.29 is 4.39 Å². The maximum atomic E-state index is 13.5. The molecule has 0 spiro atoms. The Morgan fingerprint density at radius 3 is 2.82 bits per heavy atom. The average Bonchev–Trinajstić information content (AvgIpc) is 3.21. The molecule has 1 atom stereocenters. The van der Waals surface area contributed by atoms with Crippen LogP contribution in [0.25, 0.3) is 21.1 Å². The summed E-state index contributed by atoms with van der Waals surface area (Å²) in [6.45, 7) is 0.440. The first-order chi connectivity index (χ1) is 16.2. The molecule has 164 valence electrons. The number of halogens is 1. The van der Waals surface area contributed by atoms with Gasteiger partial charge < -0.3 is 5.32 Å². The highest BCUT2D eigenvalue weighted by molar-refractivity contribution is 7.18. The molecule has 5 nitrogen and oxygen atoms in total. The highest BCUT2D eigenvalue weighted by Crippen LogP contribution is 2.34. The number of para-hydroxylation sites is 1. The van der Waals surface area contributed by atoms with Gasteiger partial charge in [0.2, 0.25) is 0 Å². The Hall–Kier alpha value is -3.58. The summed E-state index contributed by atoms with van der Waals surface area (Å²) in [7, 11) is 0. The molecule has 1 unspecified atom stereocenters. The molecule has 1 N–H and O–H groups in total. The number of fused-ring (bicyclic) bond motifs is 4. The van der Waals surface area contributed by atoms with Gasteiger partial charge in [0.1, 0.15) is 10.6 Å². The largest absolute Gasteiger partial charge is 0.382 e. The van der Waals surface area contributed by atoms with E-state index in [1.54, 1.807) is 40.6 Å². The summed E-state index contributed by atoms with van der Waals surface area (Å²) >= 11 is 1.61. The molecule has 6 rings (SSSR count). The number of nitrogens with one attached hydrogen (secondary N) is 1. The maximum Gasteiger partial charge on any atom is 0.262 e. The van der Waals surface area contributed by atoms with Crippen molar-refractivity contribution in [3.63, 3.8) is 0 Å². The lowest BCUT2D eigenvalue weighted by atomic mass is 9.93. The Morgan fingerprint density at radius 2 is 1.94 bits per heavy atom. The Kier molecular flexibility index (Phi) is 4.91. The average molecular weight is 457 g/mol. The molecule has 0 radical (unpaired) electrons. The molecular formula is C26H21FN4OS. The second kappa shape index (κ2) is 8.08. The lowest BCUT2D eigenvalue weighted by Crippen LogP contribution is -2.27. The third kappa shape index (κ3) is 3.68. The number of rotatable bonds is 4. The summed E-state index contributed by atoms with van der Waals surface area (Å²) in [6, 6.07) is 16.7.